The lowest BCUT2D eigenvalue weighted by Crippen LogP contribution is -1.76. The maximum Gasteiger partial charge on any atom is 0.0886 e. The van der Waals surface area contributed by atoms with Crippen molar-refractivity contribution in [2.24, 2.45) is 10.2 Å². The minimum atomic E-state index is 0.877. The van der Waals surface area contributed by atoms with Crippen LogP contribution in [0.1, 0.15) is 11.1 Å². The second-order valence-corrected chi connectivity index (χ2v) is 3.83. The zero-order valence-electron chi connectivity index (χ0n) is 9.51. The molecule has 0 bridgehead atoms. The Morgan fingerprint density at radius 1 is 0.812 bits per heavy atom. The van der Waals surface area contributed by atoms with Crippen molar-refractivity contribution in [2.75, 3.05) is 0 Å². The second kappa shape index (κ2) is 4.71. The molecule has 2 aromatic carbocycles. The van der Waals surface area contributed by atoms with Gasteiger partial charge in [0.25, 0.3) is 0 Å². The van der Waals surface area contributed by atoms with E-state index in [-0.39, 0.29) is 0 Å². The molecule has 0 fully saturated rings. The Morgan fingerprint density at radius 3 is 2.25 bits per heavy atom. The van der Waals surface area contributed by atoms with Gasteiger partial charge < -0.3 is 0 Å². The first-order valence-electron chi connectivity index (χ1n) is 5.30. The molecule has 0 heterocycles. The summed E-state index contributed by atoms with van der Waals surface area (Å²) in [6.45, 7) is 4.12. The van der Waals surface area contributed by atoms with E-state index < -0.39 is 0 Å². The summed E-state index contributed by atoms with van der Waals surface area (Å²) in [7, 11) is 0. The molecule has 0 saturated heterocycles. The van der Waals surface area contributed by atoms with E-state index in [0.717, 1.165) is 16.9 Å². The van der Waals surface area contributed by atoms with E-state index in [1.807, 2.05) is 49.4 Å². The Hall–Kier alpha value is -1.96. The van der Waals surface area contributed by atoms with E-state index in [2.05, 4.69) is 23.2 Å². The molecule has 2 nitrogen and oxygen atoms in total. The lowest BCUT2D eigenvalue weighted by atomic mass is 10.1. The zero-order chi connectivity index (χ0) is 11.4. The number of nitrogens with zero attached hydrogens (tertiary/aromatic N) is 2. The van der Waals surface area contributed by atoms with Gasteiger partial charge in [-0.2, -0.15) is 10.2 Å². The van der Waals surface area contributed by atoms with Crippen molar-refractivity contribution in [3.8, 4) is 0 Å². The molecule has 2 rings (SSSR count). The Balaban J connectivity index is 2.24. The molecule has 0 spiro atoms. The Kier molecular flexibility index (Phi) is 3.10. The fraction of sp³-hybridized carbons (Fsp3) is 0.143. The smallest absolute Gasteiger partial charge is 0.0886 e. The first kappa shape index (κ1) is 10.6. The standard InChI is InChI=1S/C14H14N2/c1-11-8-9-14(12(2)10-11)16-15-13-6-4-3-5-7-13/h3-10H,1-2H3. The molecule has 0 atom stereocenters. The van der Waals surface area contributed by atoms with Crippen molar-refractivity contribution in [1.82, 2.24) is 0 Å². The van der Waals surface area contributed by atoms with Gasteiger partial charge in [-0.25, -0.2) is 0 Å². The van der Waals surface area contributed by atoms with Crippen molar-refractivity contribution in [3.63, 3.8) is 0 Å². The normalized spacial score (nSPS) is 10.9. The van der Waals surface area contributed by atoms with Crippen LogP contribution in [-0.4, -0.2) is 0 Å². The average molecular weight is 210 g/mol. The first-order valence-corrected chi connectivity index (χ1v) is 5.30. The number of hydrogen-bond donors (Lipinski definition) is 0. The fourth-order valence-electron chi connectivity index (χ4n) is 1.52. The van der Waals surface area contributed by atoms with Gasteiger partial charge in [0.15, 0.2) is 0 Å². The van der Waals surface area contributed by atoms with Crippen LogP contribution in [0.25, 0.3) is 0 Å². The summed E-state index contributed by atoms with van der Waals surface area (Å²) in [4.78, 5) is 0. The SMILES string of the molecule is Cc1ccc(N=Nc2ccccc2)c(C)c1. The van der Waals surface area contributed by atoms with Gasteiger partial charge in [-0.3, -0.25) is 0 Å². The molecular formula is C14H14N2. The van der Waals surface area contributed by atoms with Crippen LogP contribution in [0.2, 0.25) is 0 Å². The van der Waals surface area contributed by atoms with E-state index in [9.17, 15) is 0 Å². The van der Waals surface area contributed by atoms with Crippen LogP contribution in [0.3, 0.4) is 0 Å². The van der Waals surface area contributed by atoms with Crippen molar-refractivity contribution in [2.45, 2.75) is 13.8 Å². The highest BCUT2D eigenvalue weighted by molar-refractivity contribution is 5.47. The van der Waals surface area contributed by atoms with Gasteiger partial charge in [-0.15, -0.1) is 0 Å². The summed E-state index contributed by atoms with van der Waals surface area (Å²) in [5.41, 5.74) is 4.20. The van der Waals surface area contributed by atoms with E-state index in [1.165, 1.54) is 5.56 Å². The molecule has 0 aliphatic carbocycles. The highest BCUT2D eigenvalue weighted by atomic mass is 15.1. The zero-order valence-corrected chi connectivity index (χ0v) is 9.51. The van der Waals surface area contributed by atoms with E-state index in [1.54, 1.807) is 0 Å². The quantitative estimate of drug-likeness (QED) is 0.641. The monoisotopic (exact) mass is 210 g/mol. The Bertz CT molecular complexity index is 501. The van der Waals surface area contributed by atoms with Gasteiger partial charge in [0, 0.05) is 0 Å². The van der Waals surface area contributed by atoms with E-state index in [4.69, 9.17) is 0 Å². The molecular weight excluding hydrogens is 196 g/mol. The highest BCUT2D eigenvalue weighted by Gasteiger charge is 1.96. The topological polar surface area (TPSA) is 24.7 Å². The summed E-state index contributed by atoms with van der Waals surface area (Å²) in [6.07, 6.45) is 0. The van der Waals surface area contributed by atoms with Crippen molar-refractivity contribution in [1.29, 1.82) is 0 Å². The van der Waals surface area contributed by atoms with Crippen LogP contribution in [0.15, 0.2) is 58.8 Å². The largest absolute Gasteiger partial charge is 0.151 e. The first-order chi connectivity index (χ1) is 7.75. The second-order valence-electron chi connectivity index (χ2n) is 3.83. The van der Waals surface area contributed by atoms with Gasteiger partial charge in [-0.05, 0) is 37.6 Å². The van der Waals surface area contributed by atoms with Crippen LogP contribution < -0.4 is 0 Å². The van der Waals surface area contributed by atoms with Crippen LogP contribution in [0.4, 0.5) is 11.4 Å². The summed E-state index contributed by atoms with van der Waals surface area (Å²) in [6, 6.07) is 15.9. The predicted molar refractivity (Wildman–Crippen MR) is 66.5 cm³/mol. The van der Waals surface area contributed by atoms with Gasteiger partial charge in [0.2, 0.25) is 0 Å². The number of benzene rings is 2. The average Bonchev–Trinajstić information content (AvgIpc) is 2.29. The molecule has 0 N–H and O–H groups in total. The minimum absolute atomic E-state index is 0.877. The molecule has 0 amide bonds. The molecule has 80 valence electrons. The number of hydrogen-bond acceptors (Lipinski definition) is 2. The third-order valence-electron chi connectivity index (χ3n) is 2.38. The summed E-state index contributed by atoms with van der Waals surface area (Å²) in [5.74, 6) is 0. The summed E-state index contributed by atoms with van der Waals surface area (Å²) >= 11 is 0. The molecule has 0 aromatic heterocycles. The summed E-state index contributed by atoms with van der Waals surface area (Å²) in [5, 5.41) is 8.43. The molecule has 0 saturated carbocycles. The predicted octanol–water partition coefficient (Wildman–Crippen LogP) is 4.72. The van der Waals surface area contributed by atoms with Crippen molar-refractivity contribution >= 4 is 11.4 Å². The molecule has 0 aliphatic heterocycles. The minimum Gasteiger partial charge on any atom is -0.151 e. The van der Waals surface area contributed by atoms with Crippen molar-refractivity contribution in [3.05, 3.63) is 59.7 Å². The lowest BCUT2D eigenvalue weighted by molar-refractivity contribution is 1.20. The van der Waals surface area contributed by atoms with Crippen LogP contribution in [0.5, 0.6) is 0 Å². The van der Waals surface area contributed by atoms with E-state index in [0.29, 0.717) is 0 Å². The maximum atomic E-state index is 4.24. The van der Waals surface area contributed by atoms with Gasteiger partial charge >= 0.3 is 0 Å². The summed E-state index contributed by atoms with van der Waals surface area (Å²) < 4.78 is 0. The fourth-order valence-corrected chi connectivity index (χ4v) is 1.52. The molecule has 16 heavy (non-hydrogen) atoms. The lowest BCUT2D eigenvalue weighted by Gasteiger charge is -1.99. The third kappa shape index (κ3) is 2.54. The molecule has 0 radical (unpaired) electrons. The van der Waals surface area contributed by atoms with Crippen LogP contribution in [-0.2, 0) is 0 Å². The third-order valence-corrected chi connectivity index (χ3v) is 2.38. The maximum absolute atomic E-state index is 4.24. The molecule has 0 aliphatic rings. The molecule has 2 aromatic rings. The molecule has 2 heteroatoms. The van der Waals surface area contributed by atoms with Gasteiger partial charge in [0.05, 0.1) is 11.4 Å². The Morgan fingerprint density at radius 2 is 1.56 bits per heavy atom. The Labute approximate surface area is 95.7 Å². The van der Waals surface area contributed by atoms with Crippen LogP contribution >= 0.6 is 0 Å². The number of rotatable bonds is 2. The van der Waals surface area contributed by atoms with Crippen LogP contribution in [0, 0.1) is 13.8 Å². The molecule has 0 unspecified atom stereocenters. The van der Waals surface area contributed by atoms with Gasteiger partial charge in [-0.1, -0.05) is 35.9 Å². The number of aryl methyl sites for hydroxylation is 2. The van der Waals surface area contributed by atoms with E-state index >= 15 is 0 Å². The van der Waals surface area contributed by atoms with Crippen molar-refractivity contribution < 1.29 is 0 Å². The van der Waals surface area contributed by atoms with Gasteiger partial charge in [0.1, 0.15) is 0 Å². The highest BCUT2D eigenvalue weighted by Crippen LogP contribution is 2.22. The number of azo groups is 1.